The number of benzene rings is 10. The summed E-state index contributed by atoms with van der Waals surface area (Å²) >= 11 is 3.65. The monoisotopic (exact) mass is 916 g/mol. The van der Waals surface area contributed by atoms with E-state index in [1.807, 2.05) is 36.4 Å². The molecule has 10 aromatic rings. The van der Waals surface area contributed by atoms with Gasteiger partial charge < -0.3 is 24.3 Å². The van der Waals surface area contributed by atoms with Gasteiger partial charge in [-0.3, -0.25) is 0 Å². The third-order valence-corrected chi connectivity index (χ3v) is 11.7. The van der Waals surface area contributed by atoms with Crippen molar-refractivity contribution in [3.63, 3.8) is 0 Å². The van der Waals surface area contributed by atoms with Crippen LogP contribution in [0.3, 0.4) is 0 Å². The molecule has 0 spiro atoms. The van der Waals surface area contributed by atoms with Gasteiger partial charge in [0.1, 0.15) is 11.5 Å². The van der Waals surface area contributed by atoms with Crippen molar-refractivity contribution < 1.29 is 4.74 Å². The average molecular weight is 918 g/mol. The van der Waals surface area contributed by atoms with Crippen LogP contribution >= 0.6 is 15.9 Å². The Morgan fingerprint density at radius 1 is 0.212 bits per heavy atom. The van der Waals surface area contributed by atoms with Crippen molar-refractivity contribution in [2.75, 3.05) is 19.6 Å². The van der Waals surface area contributed by atoms with Crippen LogP contribution in [0.25, 0.3) is 0 Å². The minimum atomic E-state index is 0.693. The molecule has 0 saturated carbocycles. The molecule has 66 heavy (non-hydrogen) atoms. The lowest BCUT2D eigenvalue weighted by Crippen LogP contribution is -2.15. The third kappa shape index (κ3) is 9.32. The highest BCUT2D eigenvalue weighted by Crippen LogP contribution is 2.46. The summed E-state index contributed by atoms with van der Waals surface area (Å²) in [6, 6.07) is 95.1. The summed E-state index contributed by atoms with van der Waals surface area (Å²) in [7, 11) is 0. The topological polar surface area (TPSA) is 22.2 Å². The van der Waals surface area contributed by atoms with Gasteiger partial charge in [0.25, 0.3) is 0 Å². The average Bonchev–Trinajstić information content (AvgIpc) is 3.37. The highest BCUT2D eigenvalue weighted by Gasteiger charge is 2.22. The standard InChI is InChI=1S/C60H45BrN4O/c61-46-22-19-39-59(40-46)66-60-44-57(63(49-27-11-3-12-28-49)50-29-13-4-14-30-50)43-58(45-60)65(52-33-17-6-18-34-52)56-38-21-37-55(42-56)64(51-31-15-5-16-32-51)54-36-20-35-53(41-54)62(47-23-7-1-8-24-47)48-25-9-2-10-26-48/h1-45H. The van der Waals surface area contributed by atoms with E-state index in [0.29, 0.717) is 5.75 Å². The highest BCUT2D eigenvalue weighted by molar-refractivity contribution is 9.10. The maximum atomic E-state index is 6.76. The molecular formula is C60H45BrN4O. The van der Waals surface area contributed by atoms with Gasteiger partial charge in [0.2, 0.25) is 0 Å². The van der Waals surface area contributed by atoms with Gasteiger partial charge in [-0.1, -0.05) is 143 Å². The molecule has 0 radical (unpaired) electrons. The van der Waals surface area contributed by atoms with Crippen molar-refractivity contribution in [3.05, 3.63) is 277 Å². The van der Waals surface area contributed by atoms with E-state index in [1.165, 1.54) is 0 Å². The number of para-hydroxylation sites is 6. The molecule has 0 aliphatic carbocycles. The molecule has 0 bridgehead atoms. The zero-order chi connectivity index (χ0) is 44.5. The van der Waals surface area contributed by atoms with Crippen molar-refractivity contribution in [3.8, 4) is 11.5 Å². The van der Waals surface area contributed by atoms with Crippen LogP contribution in [0, 0.1) is 0 Å². The number of hydrogen-bond acceptors (Lipinski definition) is 5. The van der Waals surface area contributed by atoms with Crippen LogP contribution in [0.1, 0.15) is 0 Å². The Hall–Kier alpha value is -8.32. The molecule has 5 nitrogen and oxygen atoms in total. The lowest BCUT2D eigenvalue weighted by molar-refractivity contribution is 0.482. The Balaban J connectivity index is 1.14. The first-order chi connectivity index (χ1) is 32.6. The Labute approximate surface area is 395 Å². The summed E-state index contributed by atoms with van der Waals surface area (Å²) < 4.78 is 7.70. The minimum Gasteiger partial charge on any atom is -0.457 e. The van der Waals surface area contributed by atoms with Crippen LogP contribution in [-0.2, 0) is 0 Å². The number of rotatable bonds is 14. The number of ether oxygens (including phenoxy) is 1. The van der Waals surface area contributed by atoms with E-state index < -0.39 is 0 Å². The molecule has 10 rings (SSSR count). The van der Waals surface area contributed by atoms with Gasteiger partial charge in [-0.2, -0.15) is 0 Å². The van der Waals surface area contributed by atoms with E-state index in [9.17, 15) is 0 Å². The van der Waals surface area contributed by atoms with E-state index in [-0.39, 0.29) is 0 Å². The van der Waals surface area contributed by atoms with Crippen molar-refractivity contribution in [2.45, 2.75) is 0 Å². The summed E-state index contributed by atoms with van der Waals surface area (Å²) in [6.07, 6.45) is 0. The molecule has 0 amide bonds. The minimum absolute atomic E-state index is 0.693. The van der Waals surface area contributed by atoms with Crippen LogP contribution in [-0.4, -0.2) is 0 Å². The molecule has 0 aromatic heterocycles. The fraction of sp³-hybridized carbons (Fsp3) is 0. The molecule has 318 valence electrons. The van der Waals surface area contributed by atoms with Crippen LogP contribution in [0.15, 0.2) is 277 Å². The number of hydrogen-bond donors (Lipinski definition) is 0. The fourth-order valence-electron chi connectivity index (χ4n) is 8.35. The molecule has 0 heterocycles. The molecule has 0 aliphatic heterocycles. The number of halogens is 1. The van der Waals surface area contributed by atoms with Crippen LogP contribution < -0.4 is 24.3 Å². The zero-order valence-electron chi connectivity index (χ0n) is 36.1. The van der Waals surface area contributed by atoms with Gasteiger partial charge >= 0.3 is 0 Å². The fourth-order valence-corrected chi connectivity index (χ4v) is 8.72. The predicted molar refractivity (Wildman–Crippen MR) is 279 cm³/mol. The van der Waals surface area contributed by atoms with Gasteiger partial charge in [0.05, 0.1) is 11.4 Å². The normalized spacial score (nSPS) is 10.8. The molecule has 10 aromatic carbocycles. The van der Waals surface area contributed by atoms with Crippen LogP contribution in [0.4, 0.5) is 68.2 Å². The molecular weight excluding hydrogens is 873 g/mol. The van der Waals surface area contributed by atoms with Crippen molar-refractivity contribution in [2.24, 2.45) is 0 Å². The van der Waals surface area contributed by atoms with E-state index in [1.54, 1.807) is 0 Å². The first-order valence-electron chi connectivity index (χ1n) is 21.9. The Morgan fingerprint density at radius 2 is 0.470 bits per heavy atom. The summed E-state index contributed by atoms with van der Waals surface area (Å²) in [5.74, 6) is 1.42. The second-order valence-electron chi connectivity index (χ2n) is 15.6. The van der Waals surface area contributed by atoms with E-state index in [0.717, 1.165) is 78.5 Å². The summed E-state index contributed by atoms with van der Waals surface area (Å²) in [5.41, 5.74) is 12.2. The summed E-state index contributed by atoms with van der Waals surface area (Å²) in [6.45, 7) is 0. The van der Waals surface area contributed by atoms with Gasteiger partial charge in [-0.15, -0.1) is 0 Å². The molecule has 0 unspecified atom stereocenters. The lowest BCUT2D eigenvalue weighted by atomic mass is 10.1. The third-order valence-electron chi connectivity index (χ3n) is 11.2. The largest absolute Gasteiger partial charge is 0.457 e. The van der Waals surface area contributed by atoms with Gasteiger partial charge in [0.15, 0.2) is 0 Å². The predicted octanol–water partition coefficient (Wildman–Crippen LogP) is 18.1. The molecule has 0 atom stereocenters. The van der Waals surface area contributed by atoms with E-state index in [4.69, 9.17) is 4.74 Å². The molecule has 0 aliphatic rings. The van der Waals surface area contributed by atoms with Gasteiger partial charge in [-0.25, -0.2) is 0 Å². The maximum absolute atomic E-state index is 6.76. The molecule has 0 fully saturated rings. The molecule has 0 N–H and O–H groups in total. The lowest BCUT2D eigenvalue weighted by Gasteiger charge is -2.32. The summed E-state index contributed by atoms with van der Waals surface area (Å²) in [5, 5.41) is 0. The van der Waals surface area contributed by atoms with Gasteiger partial charge in [-0.05, 0) is 133 Å². The van der Waals surface area contributed by atoms with Crippen LogP contribution in [0.5, 0.6) is 11.5 Å². The smallest absolute Gasteiger partial charge is 0.131 e. The van der Waals surface area contributed by atoms with Crippen LogP contribution in [0.2, 0.25) is 0 Å². The second kappa shape index (κ2) is 19.6. The first kappa shape index (κ1) is 41.7. The second-order valence-corrected chi connectivity index (χ2v) is 16.6. The maximum Gasteiger partial charge on any atom is 0.131 e. The number of nitrogens with zero attached hydrogens (tertiary/aromatic N) is 4. The molecule has 0 saturated heterocycles. The van der Waals surface area contributed by atoms with E-state index >= 15 is 0 Å². The SMILES string of the molecule is Brc1cccc(Oc2cc(N(c3ccccc3)c3ccccc3)cc(N(c3ccccc3)c3cccc(N(c4ccccc4)c4cccc(N(c5ccccc5)c5ccccc5)c4)c3)c2)c1. The summed E-state index contributed by atoms with van der Waals surface area (Å²) in [4.78, 5) is 9.21. The Bertz CT molecular complexity index is 3060. The van der Waals surface area contributed by atoms with E-state index in [2.05, 4.69) is 272 Å². The van der Waals surface area contributed by atoms with Crippen molar-refractivity contribution >= 4 is 84.2 Å². The Kier molecular flexibility index (Phi) is 12.4. The van der Waals surface area contributed by atoms with Crippen molar-refractivity contribution in [1.82, 2.24) is 0 Å². The van der Waals surface area contributed by atoms with Gasteiger partial charge in [0, 0.05) is 73.5 Å². The molecule has 6 heteroatoms. The first-order valence-corrected chi connectivity index (χ1v) is 22.7. The highest BCUT2D eigenvalue weighted by atomic mass is 79.9. The quantitative estimate of drug-likeness (QED) is 0.108. The van der Waals surface area contributed by atoms with Crippen molar-refractivity contribution in [1.29, 1.82) is 0 Å². The Morgan fingerprint density at radius 3 is 0.803 bits per heavy atom. The number of anilines is 12. The zero-order valence-corrected chi connectivity index (χ0v) is 37.6.